The van der Waals surface area contributed by atoms with Gasteiger partial charge in [-0.05, 0) is 53.5 Å². The maximum absolute atomic E-state index is 13.0. The molecule has 0 radical (unpaired) electrons. The second-order valence-electron chi connectivity index (χ2n) is 7.48. The van der Waals surface area contributed by atoms with Crippen molar-refractivity contribution in [2.75, 3.05) is 14.2 Å². The lowest BCUT2D eigenvalue weighted by Gasteiger charge is -2.44. The molecule has 4 heteroatoms. The van der Waals surface area contributed by atoms with E-state index in [1.807, 2.05) is 18.2 Å². The molecule has 4 nitrogen and oxygen atoms in total. The number of fused-ring (bicyclic) bond motifs is 5. The van der Waals surface area contributed by atoms with Gasteiger partial charge in [-0.3, -0.25) is 9.59 Å². The molecule has 2 aliphatic carbocycles. The zero-order chi connectivity index (χ0) is 19.0. The topological polar surface area (TPSA) is 52.6 Å². The fourth-order valence-corrected chi connectivity index (χ4v) is 5.08. The number of hydrogen-bond donors (Lipinski definition) is 0. The van der Waals surface area contributed by atoms with Crippen LogP contribution in [0.2, 0.25) is 0 Å². The minimum atomic E-state index is -1.29. The van der Waals surface area contributed by atoms with Gasteiger partial charge in [-0.25, -0.2) is 0 Å². The molecule has 4 rings (SSSR count). The fraction of sp³-hybridized carbons (Fsp3) is 0.391. The molecule has 27 heavy (non-hydrogen) atoms. The van der Waals surface area contributed by atoms with Gasteiger partial charge in [0.25, 0.3) is 0 Å². The Hall–Kier alpha value is -2.62. The van der Waals surface area contributed by atoms with Crippen LogP contribution in [-0.2, 0) is 25.5 Å². The summed E-state index contributed by atoms with van der Waals surface area (Å²) >= 11 is 0. The van der Waals surface area contributed by atoms with Crippen molar-refractivity contribution in [1.82, 2.24) is 0 Å². The lowest BCUT2D eigenvalue weighted by molar-refractivity contribution is -0.175. The van der Waals surface area contributed by atoms with E-state index in [1.165, 1.54) is 30.6 Å². The number of benzene rings is 2. The molecule has 0 saturated carbocycles. The fourth-order valence-electron chi connectivity index (χ4n) is 5.08. The van der Waals surface area contributed by atoms with Crippen molar-refractivity contribution in [2.45, 2.75) is 31.6 Å². The summed E-state index contributed by atoms with van der Waals surface area (Å²) < 4.78 is 10.3. The van der Waals surface area contributed by atoms with Crippen LogP contribution in [0.15, 0.2) is 48.6 Å². The van der Waals surface area contributed by atoms with Crippen molar-refractivity contribution in [3.8, 4) is 0 Å². The molecule has 0 fully saturated rings. The Labute approximate surface area is 159 Å². The smallest absolute Gasteiger partial charge is 0.323 e. The van der Waals surface area contributed by atoms with E-state index in [4.69, 9.17) is 9.47 Å². The average molecular weight is 364 g/mol. The molecule has 0 amide bonds. The number of hydrogen-bond acceptors (Lipinski definition) is 4. The molecule has 0 spiro atoms. The number of carbonyl (C=O) groups excluding carboxylic acids is 2. The summed E-state index contributed by atoms with van der Waals surface area (Å²) in [6.45, 7) is 0. The summed E-state index contributed by atoms with van der Waals surface area (Å²) in [5.74, 6) is -1.16. The molecule has 0 N–H and O–H groups in total. The third-order valence-electron chi connectivity index (χ3n) is 6.26. The van der Waals surface area contributed by atoms with E-state index in [9.17, 15) is 9.59 Å². The molecule has 2 aromatic carbocycles. The zero-order valence-corrected chi connectivity index (χ0v) is 15.7. The van der Waals surface area contributed by atoms with Crippen LogP contribution in [0.3, 0.4) is 0 Å². The van der Waals surface area contributed by atoms with E-state index in [0.717, 1.165) is 24.8 Å². The highest BCUT2D eigenvalue weighted by molar-refractivity contribution is 6.02. The second kappa shape index (κ2) is 6.84. The number of esters is 2. The summed E-state index contributed by atoms with van der Waals surface area (Å²) in [7, 11) is 2.70. The lowest BCUT2D eigenvalue weighted by Crippen LogP contribution is -2.52. The van der Waals surface area contributed by atoms with Crippen LogP contribution in [0.5, 0.6) is 0 Å². The standard InChI is InChI=1S/C23H24O4/c1-26-21(24)23(22(25)27-2)14-16-13-12-15-8-6-7-9-17(15)20(16)18-10-4-3-5-11-19(18)23/h4,6-10,12-13,18-19H,3,5,11,14H2,1-2H3/t18-,19+/m0/s1. The van der Waals surface area contributed by atoms with Crippen LogP contribution in [0.25, 0.3) is 10.8 Å². The van der Waals surface area contributed by atoms with Crippen LogP contribution >= 0.6 is 0 Å². The summed E-state index contributed by atoms with van der Waals surface area (Å²) in [6.07, 6.45) is 7.36. The Kier molecular flexibility index (Phi) is 4.50. The molecule has 2 aliphatic rings. The van der Waals surface area contributed by atoms with Gasteiger partial charge >= 0.3 is 11.9 Å². The van der Waals surface area contributed by atoms with Crippen LogP contribution in [-0.4, -0.2) is 26.2 Å². The third-order valence-corrected chi connectivity index (χ3v) is 6.26. The molecule has 2 aromatic rings. The Bertz CT molecular complexity index is 911. The van der Waals surface area contributed by atoms with Crippen LogP contribution in [0.4, 0.5) is 0 Å². The quantitative estimate of drug-likeness (QED) is 0.456. The molecule has 2 atom stereocenters. The van der Waals surface area contributed by atoms with Crippen LogP contribution in [0.1, 0.15) is 36.3 Å². The van der Waals surface area contributed by atoms with E-state index < -0.39 is 17.4 Å². The first-order valence-corrected chi connectivity index (χ1v) is 9.47. The Morgan fingerprint density at radius 1 is 1.04 bits per heavy atom. The largest absolute Gasteiger partial charge is 0.468 e. The normalized spacial score (nSPS) is 23.0. The number of carbonyl (C=O) groups is 2. The molecule has 140 valence electrons. The van der Waals surface area contributed by atoms with Gasteiger partial charge in [-0.1, -0.05) is 48.6 Å². The second-order valence-corrected chi connectivity index (χ2v) is 7.48. The number of ether oxygens (including phenoxy) is 2. The molecule has 0 heterocycles. The summed E-state index contributed by atoms with van der Waals surface area (Å²) in [5, 5.41) is 2.37. The molecule has 0 aromatic heterocycles. The van der Waals surface area contributed by atoms with Gasteiger partial charge in [0.2, 0.25) is 0 Å². The minimum absolute atomic E-state index is 0.0134. The van der Waals surface area contributed by atoms with E-state index >= 15 is 0 Å². The maximum atomic E-state index is 13.0. The van der Waals surface area contributed by atoms with E-state index in [-0.39, 0.29) is 11.8 Å². The van der Waals surface area contributed by atoms with Gasteiger partial charge in [0.1, 0.15) is 0 Å². The SMILES string of the molecule is COC(=O)C1(C(=O)OC)Cc2ccc3ccccc3c2[C@H]2C=CCCC[C@H]21. The minimum Gasteiger partial charge on any atom is -0.468 e. The Morgan fingerprint density at radius 2 is 1.78 bits per heavy atom. The lowest BCUT2D eigenvalue weighted by atomic mass is 9.58. The van der Waals surface area contributed by atoms with Crippen LogP contribution < -0.4 is 0 Å². The molecule has 0 saturated heterocycles. The Balaban J connectivity index is 2.01. The van der Waals surface area contributed by atoms with Gasteiger partial charge in [-0.2, -0.15) is 0 Å². The maximum Gasteiger partial charge on any atom is 0.323 e. The van der Waals surface area contributed by atoms with E-state index in [2.05, 4.69) is 30.4 Å². The van der Waals surface area contributed by atoms with Gasteiger partial charge in [0.15, 0.2) is 5.41 Å². The molecule has 0 unspecified atom stereocenters. The Morgan fingerprint density at radius 3 is 2.52 bits per heavy atom. The van der Waals surface area contributed by atoms with Crippen molar-refractivity contribution in [3.63, 3.8) is 0 Å². The van der Waals surface area contributed by atoms with Gasteiger partial charge in [0, 0.05) is 5.92 Å². The predicted octanol–water partition coefficient (Wildman–Crippen LogP) is 4.17. The molecule has 0 bridgehead atoms. The van der Waals surface area contributed by atoms with Gasteiger partial charge < -0.3 is 9.47 Å². The molecular weight excluding hydrogens is 340 g/mol. The van der Waals surface area contributed by atoms with Crippen molar-refractivity contribution in [3.05, 3.63) is 59.7 Å². The van der Waals surface area contributed by atoms with Crippen LogP contribution in [0, 0.1) is 11.3 Å². The van der Waals surface area contributed by atoms with E-state index in [0.29, 0.717) is 6.42 Å². The number of allylic oxidation sites excluding steroid dienone is 2. The molecular formula is C23H24O4. The third kappa shape index (κ3) is 2.58. The summed E-state index contributed by atoms with van der Waals surface area (Å²) in [5.41, 5.74) is 0.968. The predicted molar refractivity (Wildman–Crippen MR) is 103 cm³/mol. The average Bonchev–Trinajstić information content (AvgIpc) is 2.97. The first-order chi connectivity index (χ1) is 13.1. The van der Waals surface area contributed by atoms with Crippen molar-refractivity contribution in [1.29, 1.82) is 0 Å². The highest BCUT2D eigenvalue weighted by Gasteiger charge is 2.59. The van der Waals surface area contributed by atoms with Gasteiger partial charge in [0.05, 0.1) is 14.2 Å². The highest BCUT2D eigenvalue weighted by atomic mass is 16.5. The first kappa shape index (κ1) is 17.8. The van der Waals surface area contributed by atoms with E-state index in [1.54, 1.807) is 0 Å². The monoisotopic (exact) mass is 364 g/mol. The van der Waals surface area contributed by atoms with Crippen molar-refractivity contribution < 1.29 is 19.1 Å². The van der Waals surface area contributed by atoms with Crippen molar-refractivity contribution in [2.24, 2.45) is 11.3 Å². The van der Waals surface area contributed by atoms with Crippen molar-refractivity contribution >= 4 is 22.7 Å². The highest BCUT2D eigenvalue weighted by Crippen LogP contribution is 2.53. The summed E-state index contributed by atoms with van der Waals surface area (Å²) in [4.78, 5) is 26.0. The summed E-state index contributed by atoms with van der Waals surface area (Å²) in [6, 6.07) is 12.4. The van der Waals surface area contributed by atoms with Gasteiger partial charge in [-0.15, -0.1) is 0 Å². The first-order valence-electron chi connectivity index (χ1n) is 9.47. The number of rotatable bonds is 2. The number of methoxy groups -OCH3 is 2. The molecule has 0 aliphatic heterocycles. The zero-order valence-electron chi connectivity index (χ0n) is 15.7.